The Kier molecular flexibility index (Phi) is 6.21. The number of phenolic OH excluding ortho intramolecular Hbond substituents is 1. The fourth-order valence-electron chi connectivity index (χ4n) is 3.65. The minimum absolute atomic E-state index is 0.0290. The van der Waals surface area contributed by atoms with Gasteiger partial charge in [0.25, 0.3) is 6.43 Å². The van der Waals surface area contributed by atoms with Gasteiger partial charge in [-0.1, -0.05) is 18.9 Å². The SMILES string of the molecule is CN(S)c1ccc(Nc2nc(N3CCOCC3)nc(-n3c(C(F)F)nc4c(O)cccc43)n2)cn1. The van der Waals surface area contributed by atoms with Gasteiger partial charge in [0.1, 0.15) is 17.1 Å². The molecule has 1 aromatic carbocycles. The number of nitrogens with zero attached hydrogens (tertiary/aromatic N) is 8. The summed E-state index contributed by atoms with van der Waals surface area (Å²) in [6.07, 6.45) is -1.36. The van der Waals surface area contributed by atoms with Gasteiger partial charge in [-0.05, 0) is 24.3 Å². The highest BCUT2D eigenvalue weighted by Gasteiger charge is 2.25. The normalized spacial score (nSPS) is 14.0. The number of pyridine rings is 1. The molecule has 0 unspecified atom stereocenters. The lowest BCUT2D eigenvalue weighted by molar-refractivity contribution is 0.122. The van der Waals surface area contributed by atoms with Gasteiger partial charge in [0.05, 0.1) is 30.6 Å². The van der Waals surface area contributed by atoms with Crippen molar-refractivity contribution in [1.29, 1.82) is 0 Å². The average molecular weight is 502 g/mol. The zero-order chi connectivity index (χ0) is 24.5. The molecule has 4 heterocycles. The summed E-state index contributed by atoms with van der Waals surface area (Å²) >= 11 is 4.22. The predicted molar refractivity (Wildman–Crippen MR) is 129 cm³/mol. The molecular weight excluding hydrogens is 480 g/mol. The maximum atomic E-state index is 14.0. The number of alkyl halides is 2. The van der Waals surface area contributed by atoms with Gasteiger partial charge >= 0.3 is 0 Å². The third-order valence-corrected chi connectivity index (χ3v) is 5.53. The van der Waals surface area contributed by atoms with Crippen LogP contribution in [0.1, 0.15) is 12.2 Å². The van der Waals surface area contributed by atoms with Crippen molar-refractivity contribution in [3.05, 3.63) is 42.4 Å². The molecule has 11 nitrogen and oxygen atoms in total. The van der Waals surface area contributed by atoms with Crippen molar-refractivity contribution >= 4 is 47.3 Å². The van der Waals surface area contributed by atoms with Crippen LogP contribution >= 0.6 is 12.8 Å². The van der Waals surface area contributed by atoms with Crippen LogP contribution < -0.4 is 14.5 Å². The highest BCUT2D eigenvalue weighted by Crippen LogP contribution is 2.32. The molecular formula is C21H21F2N9O2S. The maximum absolute atomic E-state index is 14.0. The van der Waals surface area contributed by atoms with Crippen molar-refractivity contribution in [2.75, 3.05) is 47.9 Å². The van der Waals surface area contributed by atoms with Gasteiger partial charge in [-0.25, -0.2) is 18.7 Å². The smallest absolute Gasteiger partial charge is 0.296 e. The van der Waals surface area contributed by atoms with E-state index in [1.165, 1.54) is 6.07 Å². The number of para-hydroxylation sites is 1. The first kappa shape index (κ1) is 23.0. The molecule has 0 aliphatic carbocycles. The van der Waals surface area contributed by atoms with Gasteiger partial charge in [-0.3, -0.25) is 4.57 Å². The molecule has 0 atom stereocenters. The number of halogens is 2. The number of aromatic nitrogens is 6. The van der Waals surface area contributed by atoms with E-state index < -0.39 is 12.2 Å². The van der Waals surface area contributed by atoms with Crippen LogP contribution in [0.15, 0.2) is 36.5 Å². The fourth-order valence-corrected chi connectivity index (χ4v) is 3.77. The second kappa shape index (κ2) is 9.46. The molecule has 1 fully saturated rings. The zero-order valence-corrected chi connectivity index (χ0v) is 19.4. The number of aromatic hydroxyl groups is 1. The third kappa shape index (κ3) is 4.61. The number of morpholine rings is 1. The molecule has 14 heteroatoms. The Morgan fingerprint density at radius 1 is 1.09 bits per heavy atom. The van der Waals surface area contributed by atoms with Crippen molar-refractivity contribution in [1.82, 2.24) is 29.5 Å². The molecule has 1 saturated heterocycles. The van der Waals surface area contributed by atoms with E-state index in [4.69, 9.17) is 4.74 Å². The lowest BCUT2D eigenvalue weighted by atomic mass is 10.3. The number of imidazole rings is 1. The van der Waals surface area contributed by atoms with Crippen LogP contribution in [-0.2, 0) is 4.74 Å². The number of nitrogens with one attached hydrogen (secondary N) is 1. The van der Waals surface area contributed by atoms with Crippen LogP contribution in [0.4, 0.5) is 32.2 Å². The van der Waals surface area contributed by atoms with Crippen molar-refractivity contribution in [2.24, 2.45) is 0 Å². The lowest BCUT2D eigenvalue weighted by Gasteiger charge is -2.27. The van der Waals surface area contributed by atoms with Crippen LogP contribution in [0.5, 0.6) is 5.75 Å². The molecule has 3 aromatic heterocycles. The summed E-state index contributed by atoms with van der Waals surface area (Å²) in [6, 6.07) is 8.01. The molecule has 0 radical (unpaired) electrons. The summed E-state index contributed by atoms with van der Waals surface area (Å²) < 4.78 is 36.1. The first-order valence-corrected chi connectivity index (χ1v) is 11.0. The molecule has 35 heavy (non-hydrogen) atoms. The lowest BCUT2D eigenvalue weighted by Crippen LogP contribution is -2.37. The maximum Gasteiger partial charge on any atom is 0.296 e. The Balaban J connectivity index is 1.63. The minimum Gasteiger partial charge on any atom is -0.506 e. The second-order valence-electron chi connectivity index (χ2n) is 7.66. The zero-order valence-electron chi connectivity index (χ0n) is 18.5. The largest absolute Gasteiger partial charge is 0.506 e. The molecule has 182 valence electrons. The standard InChI is InChI=1S/C21H21F2N9O2S/c1-30(35)15-6-5-12(11-24-15)25-19-27-20(31-7-9-34-10-8-31)29-21(28-19)32-13-3-2-4-14(33)16(13)26-18(32)17(22)23/h2-6,11,17,33,35H,7-10H2,1H3,(H,25,27,28,29). The summed E-state index contributed by atoms with van der Waals surface area (Å²) in [5.74, 6) is 0.191. The van der Waals surface area contributed by atoms with E-state index in [2.05, 4.69) is 43.1 Å². The molecule has 0 saturated carbocycles. The van der Waals surface area contributed by atoms with E-state index in [-0.39, 0.29) is 28.7 Å². The highest BCUT2D eigenvalue weighted by atomic mass is 32.1. The number of hydrogen-bond donors (Lipinski definition) is 3. The topological polar surface area (TPSA) is 117 Å². The summed E-state index contributed by atoms with van der Waals surface area (Å²) in [6.45, 7) is 2.02. The molecule has 5 rings (SSSR count). The number of hydrogen-bond acceptors (Lipinski definition) is 11. The van der Waals surface area contributed by atoms with Crippen molar-refractivity contribution < 1.29 is 18.6 Å². The number of benzene rings is 1. The Morgan fingerprint density at radius 3 is 2.54 bits per heavy atom. The van der Waals surface area contributed by atoms with Gasteiger partial charge in [-0.2, -0.15) is 15.0 Å². The number of anilines is 4. The fraction of sp³-hybridized carbons (Fsp3) is 0.286. The Bertz CT molecular complexity index is 1340. The molecule has 4 aromatic rings. The first-order chi connectivity index (χ1) is 16.9. The summed E-state index contributed by atoms with van der Waals surface area (Å²) in [4.78, 5) is 23.5. The van der Waals surface area contributed by atoms with Crippen molar-refractivity contribution in [3.63, 3.8) is 0 Å². The van der Waals surface area contributed by atoms with E-state index in [1.54, 1.807) is 41.8 Å². The highest BCUT2D eigenvalue weighted by molar-refractivity contribution is 7.81. The van der Waals surface area contributed by atoms with Gasteiger partial charge < -0.3 is 24.4 Å². The number of rotatable bonds is 6. The summed E-state index contributed by atoms with van der Waals surface area (Å²) in [7, 11) is 1.75. The summed E-state index contributed by atoms with van der Waals surface area (Å²) in [5, 5.41) is 13.2. The molecule has 2 N–H and O–H groups in total. The first-order valence-electron chi connectivity index (χ1n) is 10.6. The van der Waals surface area contributed by atoms with Crippen LogP contribution in [-0.4, -0.2) is 67.9 Å². The predicted octanol–water partition coefficient (Wildman–Crippen LogP) is 3.11. The van der Waals surface area contributed by atoms with Gasteiger partial charge in [0.2, 0.25) is 17.8 Å². The van der Waals surface area contributed by atoms with E-state index in [9.17, 15) is 13.9 Å². The third-order valence-electron chi connectivity index (χ3n) is 5.33. The molecule has 1 aliphatic rings. The molecule has 0 spiro atoms. The van der Waals surface area contributed by atoms with Gasteiger partial charge in [-0.15, -0.1) is 0 Å². The monoisotopic (exact) mass is 501 g/mol. The average Bonchev–Trinajstić information content (AvgIpc) is 3.26. The summed E-state index contributed by atoms with van der Waals surface area (Å²) in [5.41, 5.74) is 0.853. The van der Waals surface area contributed by atoms with E-state index in [0.29, 0.717) is 43.8 Å². The van der Waals surface area contributed by atoms with Gasteiger partial charge in [0.15, 0.2) is 5.82 Å². The van der Waals surface area contributed by atoms with E-state index in [1.807, 2.05) is 4.90 Å². The Labute approximate surface area is 204 Å². The number of thiol groups is 1. The van der Waals surface area contributed by atoms with E-state index in [0.717, 1.165) is 4.57 Å². The molecule has 0 amide bonds. The molecule has 0 bridgehead atoms. The van der Waals surface area contributed by atoms with E-state index >= 15 is 0 Å². The minimum atomic E-state index is -2.93. The van der Waals surface area contributed by atoms with Crippen molar-refractivity contribution in [2.45, 2.75) is 6.43 Å². The van der Waals surface area contributed by atoms with Crippen LogP contribution in [0, 0.1) is 0 Å². The van der Waals surface area contributed by atoms with Crippen molar-refractivity contribution in [3.8, 4) is 11.7 Å². The molecule has 1 aliphatic heterocycles. The Hall–Kier alpha value is -3.78. The van der Waals surface area contributed by atoms with Gasteiger partial charge in [0, 0.05) is 20.1 Å². The second-order valence-corrected chi connectivity index (χ2v) is 8.26. The number of phenols is 1. The van der Waals surface area contributed by atoms with Crippen LogP contribution in [0.2, 0.25) is 0 Å². The number of fused-ring (bicyclic) bond motifs is 1. The van der Waals surface area contributed by atoms with Crippen LogP contribution in [0.25, 0.3) is 17.0 Å². The number of ether oxygens (including phenoxy) is 1. The Morgan fingerprint density at radius 2 is 1.86 bits per heavy atom. The van der Waals surface area contributed by atoms with Crippen LogP contribution in [0.3, 0.4) is 0 Å². The quantitative estimate of drug-likeness (QED) is 0.340.